The summed E-state index contributed by atoms with van der Waals surface area (Å²) in [4.78, 5) is 2.60. The third kappa shape index (κ3) is 4.21. The lowest BCUT2D eigenvalue weighted by atomic mass is 9.69. The molecule has 2 nitrogen and oxygen atoms in total. The van der Waals surface area contributed by atoms with Gasteiger partial charge in [-0.05, 0) is 62.9 Å². The number of likely N-dealkylation sites (tertiary alicyclic amines) is 1. The summed E-state index contributed by atoms with van der Waals surface area (Å²) in [6.07, 6.45) is 9.75. The van der Waals surface area contributed by atoms with Crippen molar-refractivity contribution in [2.45, 2.75) is 84.7 Å². The van der Waals surface area contributed by atoms with Gasteiger partial charge in [-0.2, -0.15) is 0 Å². The van der Waals surface area contributed by atoms with E-state index in [1.807, 2.05) is 0 Å². The van der Waals surface area contributed by atoms with Crippen LogP contribution in [0.2, 0.25) is 0 Å². The molecule has 1 atom stereocenters. The number of hydrogen-bond donors (Lipinski definition) is 1. The van der Waals surface area contributed by atoms with E-state index in [1.54, 1.807) is 0 Å². The largest absolute Gasteiger partial charge is 0.310 e. The molecule has 1 unspecified atom stereocenters. The van der Waals surface area contributed by atoms with E-state index < -0.39 is 0 Å². The van der Waals surface area contributed by atoms with Crippen LogP contribution in [0, 0.1) is 11.3 Å². The number of nitrogens with zero attached hydrogens (tertiary/aromatic N) is 1. The third-order valence-electron chi connectivity index (χ3n) is 6.17. The Morgan fingerprint density at radius 2 is 1.70 bits per heavy atom. The van der Waals surface area contributed by atoms with Gasteiger partial charge in [-0.25, -0.2) is 0 Å². The molecule has 0 aromatic carbocycles. The number of piperidine rings is 1. The van der Waals surface area contributed by atoms with Crippen molar-refractivity contribution in [3.63, 3.8) is 0 Å². The Morgan fingerprint density at radius 1 is 1.00 bits per heavy atom. The topological polar surface area (TPSA) is 15.3 Å². The molecule has 2 heteroatoms. The first-order chi connectivity index (χ1) is 9.55. The summed E-state index contributed by atoms with van der Waals surface area (Å²) in [7, 11) is 0. The van der Waals surface area contributed by atoms with Crippen LogP contribution in [0.15, 0.2) is 0 Å². The molecular formula is C18H36N2. The fourth-order valence-electron chi connectivity index (χ4n) is 4.14. The first-order valence-corrected chi connectivity index (χ1v) is 9.03. The minimum absolute atomic E-state index is 0.550. The molecule has 0 aromatic heterocycles. The number of likely N-dealkylation sites (N-methyl/N-ethyl adjacent to an activating group) is 1. The van der Waals surface area contributed by atoms with E-state index in [0.717, 1.165) is 18.0 Å². The minimum atomic E-state index is 0.550. The summed E-state index contributed by atoms with van der Waals surface area (Å²) in [6.45, 7) is 13.4. The Bertz CT molecular complexity index is 279. The van der Waals surface area contributed by atoms with E-state index in [9.17, 15) is 0 Å². The molecule has 0 spiro atoms. The van der Waals surface area contributed by atoms with E-state index in [0.29, 0.717) is 5.41 Å². The predicted octanol–water partition coefficient (Wildman–Crippen LogP) is 4.06. The molecule has 0 aromatic rings. The summed E-state index contributed by atoms with van der Waals surface area (Å²) in [5.74, 6) is 0.948. The highest BCUT2D eigenvalue weighted by Gasteiger charge is 2.32. The molecule has 2 fully saturated rings. The Hall–Kier alpha value is -0.0800. The van der Waals surface area contributed by atoms with Crippen LogP contribution in [0.4, 0.5) is 0 Å². The van der Waals surface area contributed by atoms with Gasteiger partial charge in [-0.3, -0.25) is 0 Å². The van der Waals surface area contributed by atoms with Gasteiger partial charge in [0.1, 0.15) is 0 Å². The molecule has 1 aliphatic heterocycles. The molecule has 1 saturated heterocycles. The molecule has 1 heterocycles. The highest BCUT2D eigenvalue weighted by molar-refractivity contribution is 4.88. The third-order valence-corrected chi connectivity index (χ3v) is 6.17. The average molecular weight is 280 g/mol. The van der Waals surface area contributed by atoms with Crippen molar-refractivity contribution in [3.8, 4) is 0 Å². The number of rotatable bonds is 5. The lowest BCUT2D eigenvalue weighted by Gasteiger charge is -2.41. The summed E-state index contributed by atoms with van der Waals surface area (Å²) >= 11 is 0. The van der Waals surface area contributed by atoms with E-state index in [-0.39, 0.29) is 0 Å². The second-order valence-corrected chi connectivity index (χ2v) is 7.79. The van der Waals surface area contributed by atoms with E-state index >= 15 is 0 Å². The van der Waals surface area contributed by atoms with Crippen LogP contribution in [0.3, 0.4) is 0 Å². The highest BCUT2D eigenvalue weighted by Crippen LogP contribution is 2.40. The predicted molar refractivity (Wildman–Crippen MR) is 88.1 cm³/mol. The maximum Gasteiger partial charge on any atom is 0.0198 e. The maximum atomic E-state index is 3.97. The van der Waals surface area contributed by atoms with Crippen molar-refractivity contribution in [1.82, 2.24) is 10.2 Å². The normalized spacial score (nSPS) is 33.3. The second kappa shape index (κ2) is 7.26. The zero-order valence-corrected chi connectivity index (χ0v) is 14.3. The molecule has 0 amide bonds. The Morgan fingerprint density at radius 3 is 2.30 bits per heavy atom. The molecule has 1 N–H and O–H groups in total. The fourth-order valence-corrected chi connectivity index (χ4v) is 4.14. The van der Waals surface area contributed by atoms with Crippen molar-refractivity contribution < 1.29 is 0 Å². The molecule has 1 aliphatic carbocycles. The van der Waals surface area contributed by atoms with Crippen LogP contribution < -0.4 is 5.32 Å². The van der Waals surface area contributed by atoms with Gasteiger partial charge in [0, 0.05) is 18.6 Å². The maximum absolute atomic E-state index is 3.97. The van der Waals surface area contributed by atoms with Gasteiger partial charge >= 0.3 is 0 Å². The summed E-state index contributed by atoms with van der Waals surface area (Å²) in [6, 6.07) is 1.55. The van der Waals surface area contributed by atoms with E-state index in [2.05, 4.69) is 37.9 Å². The highest BCUT2D eigenvalue weighted by atomic mass is 15.2. The average Bonchev–Trinajstić information content (AvgIpc) is 2.48. The second-order valence-electron chi connectivity index (χ2n) is 7.79. The number of hydrogen-bond acceptors (Lipinski definition) is 2. The zero-order chi connectivity index (χ0) is 14.6. The van der Waals surface area contributed by atoms with Crippen molar-refractivity contribution in [2.24, 2.45) is 11.3 Å². The molecule has 0 radical (unpaired) electrons. The number of nitrogens with one attached hydrogen (secondary N) is 1. The van der Waals surface area contributed by atoms with Crippen LogP contribution >= 0.6 is 0 Å². The lowest BCUT2D eigenvalue weighted by Crippen LogP contribution is -2.50. The SMILES string of the molecule is CCN1CCCC(NC2CCC(C(C)(C)CC)CC2)C1. The fraction of sp³-hybridized carbons (Fsp3) is 1.00. The molecule has 118 valence electrons. The first-order valence-electron chi connectivity index (χ1n) is 9.03. The molecular weight excluding hydrogens is 244 g/mol. The lowest BCUT2D eigenvalue weighted by molar-refractivity contribution is 0.124. The van der Waals surface area contributed by atoms with Gasteiger partial charge in [-0.1, -0.05) is 34.1 Å². The van der Waals surface area contributed by atoms with Crippen molar-refractivity contribution in [3.05, 3.63) is 0 Å². The van der Waals surface area contributed by atoms with Crippen LogP contribution in [0.1, 0.15) is 72.6 Å². The van der Waals surface area contributed by atoms with Crippen molar-refractivity contribution >= 4 is 0 Å². The van der Waals surface area contributed by atoms with E-state index in [1.165, 1.54) is 64.6 Å². The molecule has 1 saturated carbocycles. The van der Waals surface area contributed by atoms with Crippen LogP contribution in [0.5, 0.6) is 0 Å². The first kappa shape index (κ1) is 16.3. The molecule has 2 rings (SSSR count). The molecule has 20 heavy (non-hydrogen) atoms. The summed E-state index contributed by atoms with van der Waals surface area (Å²) in [5.41, 5.74) is 0.550. The Labute approximate surface area is 126 Å². The van der Waals surface area contributed by atoms with Crippen LogP contribution in [-0.2, 0) is 0 Å². The van der Waals surface area contributed by atoms with Crippen LogP contribution in [0.25, 0.3) is 0 Å². The Balaban J connectivity index is 1.74. The van der Waals surface area contributed by atoms with E-state index in [4.69, 9.17) is 0 Å². The van der Waals surface area contributed by atoms with Gasteiger partial charge in [0.2, 0.25) is 0 Å². The van der Waals surface area contributed by atoms with Gasteiger partial charge in [0.25, 0.3) is 0 Å². The quantitative estimate of drug-likeness (QED) is 0.817. The van der Waals surface area contributed by atoms with Gasteiger partial charge in [0.15, 0.2) is 0 Å². The standard InChI is InChI=1S/C18H36N2/c1-5-18(3,4)15-9-11-16(12-10-15)19-17-8-7-13-20(6-2)14-17/h15-17,19H,5-14H2,1-4H3. The van der Waals surface area contributed by atoms with Crippen molar-refractivity contribution in [2.75, 3.05) is 19.6 Å². The Kier molecular flexibility index (Phi) is 5.92. The molecule has 0 bridgehead atoms. The monoisotopic (exact) mass is 280 g/mol. The van der Waals surface area contributed by atoms with Gasteiger partial charge in [-0.15, -0.1) is 0 Å². The zero-order valence-electron chi connectivity index (χ0n) is 14.3. The summed E-state index contributed by atoms with van der Waals surface area (Å²) < 4.78 is 0. The van der Waals surface area contributed by atoms with Gasteiger partial charge < -0.3 is 10.2 Å². The smallest absolute Gasteiger partial charge is 0.0198 e. The van der Waals surface area contributed by atoms with Crippen LogP contribution in [-0.4, -0.2) is 36.6 Å². The molecule has 2 aliphatic rings. The van der Waals surface area contributed by atoms with Crippen molar-refractivity contribution in [1.29, 1.82) is 0 Å². The van der Waals surface area contributed by atoms with Gasteiger partial charge in [0.05, 0.1) is 0 Å². The summed E-state index contributed by atoms with van der Waals surface area (Å²) in [5, 5.41) is 3.97. The minimum Gasteiger partial charge on any atom is -0.310 e.